The number of carbonyl (C=O) groups is 1. The van der Waals surface area contributed by atoms with Crippen molar-refractivity contribution < 1.29 is 9.90 Å². The molecule has 0 saturated heterocycles. The molecule has 0 aromatic rings. The molecule has 1 saturated carbocycles. The standard InChI is InChI=1S/C8H17N.C2H4O2/c1-8(7-9)5-3-2-4-6-8;1-2(3)4/h2-7,9H2,1H3;1H3,(H,3,4). The molecule has 3 nitrogen and oxygen atoms in total. The number of carboxylic acids is 1. The molecule has 3 N–H and O–H groups in total. The van der Waals surface area contributed by atoms with Gasteiger partial charge in [-0.25, -0.2) is 0 Å². The quantitative estimate of drug-likeness (QED) is 0.660. The molecule has 0 radical (unpaired) electrons. The molecule has 0 bridgehead atoms. The van der Waals surface area contributed by atoms with E-state index in [1.807, 2.05) is 0 Å². The number of hydrogen-bond acceptors (Lipinski definition) is 2. The summed E-state index contributed by atoms with van der Waals surface area (Å²) in [6, 6.07) is 0. The first kappa shape index (κ1) is 12.4. The van der Waals surface area contributed by atoms with E-state index in [0.29, 0.717) is 5.41 Å². The summed E-state index contributed by atoms with van der Waals surface area (Å²) in [7, 11) is 0. The van der Waals surface area contributed by atoms with Crippen molar-refractivity contribution in [2.75, 3.05) is 6.54 Å². The van der Waals surface area contributed by atoms with Crippen LogP contribution in [0.1, 0.15) is 46.0 Å². The van der Waals surface area contributed by atoms with Crippen molar-refractivity contribution in [3.05, 3.63) is 0 Å². The molecule has 0 aliphatic heterocycles. The van der Waals surface area contributed by atoms with E-state index < -0.39 is 5.97 Å². The Labute approximate surface area is 80.3 Å². The normalized spacial score (nSPS) is 19.9. The van der Waals surface area contributed by atoms with Gasteiger partial charge in [0.1, 0.15) is 0 Å². The first-order valence-corrected chi connectivity index (χ1v) is 4.90. The highest BCUT2D eigenvalue weighted by Gasteiger charge is 2.24. The van der Waals surface area contributed by atoms with E-state index in [4.69, 9.17) is 15.6 Å². The number of hydrogen-bond donors (Lipinski definition) is 2. The fraction of sp³-hybridized carbons (Fsp3) is 0.900. The van der Waals surface area contributed by atoms with Crippen LogP contribution in [0.2, 0.25) is 0 Å². The van der Waals surface area contributed by atoms with Crippen LogP contribution in [-0.2, 0) is 4.79 Å². The van der Waals surface area contributed by atoms with Gasteiger partial charge in [-0.3, -0.25) is 4.79 Å². The number of carboxylic acid groups (broad SMARTS) is 1. The summed E-state index contributed by atoms with van der Waals surface area (Å²) in [5.41, 5.74) is 6.14. The van der Waals surface area contributed by atoms with E-state index in [1.54, 1.807) is 0 Å². The minimum atomic E-state index is -0.833. The Hall–Kier alpha value is -0.570. The Balaban J connectivity index is 0.000000310. The lowest BCUT2D eigenvalue weighted by Crippen LogP contribution is -2.29. The summed E-state index contributed by atoms with van der Waals surface area (Å²) in [4.78, 5) is 9.00. The van der Waals surface area contributed by atoms with E-state index in [2.05, 4.69) is 6.92 Å². The molecule has 1 aliphatic rings. The Kier molecular flexibility index (Phi) is 5.71. The maximum Gasteiger partial charge on any atom is 0.300 e. The minimum absolute atomic E-state index is 0.498. The van der Waals surface area contributed by atoms with Crippen molar-refractivity contribution in [2.24, 2.45) is 11.1 Å². The predicted octanol–water partition coefficient (Wildman–Crippen LogP) is 2.01. The first-order chi connectivity index (χ1) is 6.00. The molecule has 13 heavy (non-hydrogen) atoms. The summed E-state index contributed by atoms with van der Waals surface area (Å²) < 4.78 is 0. The lowest BCUT2D eigenvalue weighted by atomic mass is 9.76. The van der Waals surface area contributed by atoms with Crippen LogP contribution < -0.4 is 5.73 Å². The Morgan fingerprint density at radius 3 is 2.00 bits per heavy atom. The van der Waals surface area contributed by atoms with E-state index >= 15 is 0 Å². The van der Waals surface area contributed by atoms with Crippen LogP contribution in [0.15, 0.2) is 0 Å². The van der Waals surface area contributed by atoms with Crippen molar-refractivity contribution in [1.29, 1.82) is 0 Å². The second-order valence-corrected chi connectivity index (χ2v) is 4.09. The molecular formula is C10H21NO2. The highest BCUT2D eigenvalue weighted by atomic mass is 16.4. The van der Waals surface area contributed by atoms with Crippen LogP contribution >= 0.6 is 0 Å². The molecular weight excluding hydrogens is 166 g/mol. The lowest BCUT2D eigenvalue weighted by Gasteiger charge is -2.31. The third-order valence-corrected chi connectivity index (χ3v) is 2.55. The zero-order chi connectivity index (χ0) is 10.3. The summed E-state index contributed by atoms with van der Waals surface area (Å²) in [6.07, 6.45) is 6.92. The second-order valence-electron chi connectivity index (χ2n) is 4.09. The van der Waals surface area contributed by atoms with E-state index in [1.165, 1.54) is 32.1 Å². The van der Waals surface area contributed by atoms with E-state index in [9.17, 15) is 0 Å². The SMILES string of the molecule is CC(=O)O.CC1(CN)CCCCC1. The van der Waals surface area contributed by atoms with Crippen molar-refractivity contribution in [3.8, 4) is 0 Å². The molecule has 0 aromatic carbocycles. The van der Waals surface area contributed by atoms with Crippen LogP contribution in [0.25, 0.3) is 0 Å². The summed E-state index contributed by atoms with van der Waals surface area (Å²) >= 11 is 0. The van der Waals surface area contributed by atoms with Gasteiger partial charge in [0.2, 0.25) is 0 Å². The summed E-state index contributed by atoms with van der Waals surface area (Å²) in [5.74, 6) is -0.833. The van der Waals surface area contributed by atoms with Gasteiger partial charge in [0, 0.05) is 6.92 Å². The fourth-order valence-electron chi connectivity index (χ4n) is 1.61. The van der Waals surface area contributed by atoms with Gasteiger partial charge < -0.3 is 10.8 Å². The van der Waals surface area contributed by atoms with Gasteiger partial charge in [0.05, 0.1) is 0 Å². The number of rotatable bonds is 1. The molecule has 0 unspecified atom stereocenters. The zero-order valence-electron chi connectivity index (χ0n) is 8.68. The molecule has 0 spiro atoms. The maximum absolute atomic E-state index is 9.00. The molecule has 1 fully saturated rings. The Morgan fingerprint density at radius 2 is 1.77 bits per heavy atom. The van der Waals surface area contributed by atoms with Gasteiger partial charge in [-0.15, -0.1) is 0 Å². The molecule has 1 rings (SSSR count). The van der Waals surface area contributed by atoms with Gasteiger partial charge in [-0.1, -0.05) is 26.2 Å². The van der Waals surface area contributed by atoms with Crippen LogP contribution in [0.5, 0.6) is 0 Å². The van der Waals surface area contributed by atoms with Crippen LogP contribution in [-0.4, -0.2) is 17.6 Å². The average Bonchev–Trinajstić information content (AvgIpc) is 2.05. The molecule has 3 heteroatoms. The van der Waals surface area contributed by atoms with Gasteiger partial charge in [-0.2, -0.15) is 0 Å². The third-order valence-electron chi connectivity index (χ3n) is 2.55. The molecule has 0 heterocycles. The smallest absolute Gasteiger partial charge is 0.300 e. The third kappa shape index (κ3) is 6.58. The number of aliphatic carboxylic acids is 1. The van der Waals surface area contributed by atoms with E-state index in [0.717, 1.165) is 13.5 Å². The topological polar surface area (TPSA) is 63.3 Å². The molecule has 0 atom stereocenters. The molecule has 0 aromatic heterocycles. The van der Waals surface area contributed by atoms with Gasteiger partial charge in [0.15, 0.2) is 0 Å². The van der Waals surface area contributed by atoms with Crippen molar-refractivity contribution in [1.82, 2.24) is 0 Å². The Morgan fingerprint density at radius 1 is 1.38 bits per heavy atom. The predicted molar refractivity (Wildman–Crippen MR) is 53.6 cm³/mol. The molecule has 78 valence electrons. The minimum Gasteiger partial charge on any atom is -0.481 e. The highest BCUT2D eigenvalue weighted by molar-refractivity contribution is 5.62. The molecule has 1 aliphatic carbocycles. The van der Waals surface area contributed by atoms with Gasteiger partial charge in [-0.05, 0) is 24.8 Å². The monoisotopic (exact) mass is 187 g/mol. The Bertz CT molecular complexity index is 147. The van der Waals surface area contributed by atoms with Crippen LogP contribution in [0.3, 0.4) is 0 Å². The maximum atomic E-state index is 9.00. The largest absolute Gasteiger partial charge is 0.481 e. The summed E-state index contributed by atoms with van der Waals surface area (Å²) in [5, 5.41) is 7.42. The van der Waals surface area contributed by atoms with Crippen molar-refractivity contribution in [3.63, 3.8) is 0 Å². The summed E-state index contributed by atoms with van der Waals surface area (Å²) in [6.45, 7) is 4.28. The first-order valence-electron chi connectivity index (χ1n) is 4.90. The van der Waals surface area contributed by atoms with Gasteiger partial charge >= 0.3 is 0 Å². The highest BCUT2D eigenvalue weighted by Crippen LogP contribution is 2.34. The number of nitrogens with two attached hydrogens (primary N) is 1. The van der Waals surface area contributed by atoms with Crippen LogP contribution in [0.4, 0.5) is 0 Å². The van der Waals surface area contributed by atoms with Crippen LogP contribution in [0, 0.1) is 5.41 Å². The average molecular weight is 187 g/mol. The lowest BCUT2D eigenvalue weighted by molar-refractivity contribution is -0.134. The second kappa shape index (κ2) is 5.97. The van der Waals surface area contributed by atoms with Crippen molar-refractivity contribution >= 4 is 5.97 Å². The van der Waals surface area contributed by atoms with Crippen molar-refractivity contribution in [2.45, 2.75) is 46.0 Å². The fourth-order valence-corrected chi connectivity index (χ4v) is 1.61. The zero-order valence-corrected chi connectivity index (χ0v) is 8.68. The molecule has 0 amide bonds. The van der Waals surface area contributed by atoms with E-state index in [-0.39, 0.29) is 0 Å². The van der Waals surface area contributed by atoms with Gasteiger partial charge in [0.25, 0.3) is 5.97 Å².